The largest absolute Gasteiger partial charge is 0.409 e. The van der Waals surface area contributed by atoms with Gasteiger partial charge in [-0.1, -0.05) is 30.3 Å². The summed E-state index contributed by atoms with van der Waals surface area (Å²) in [4.78, 5) is 0. The second kappa shape index (κ2) is 6.07. The van der Waals surface area contributed by atoms with Gasteiger partial charge in [0.1, 0.15) is 11.7 Å². The SMILES string of the molecule is CC(CNCc1ccccc1F)C(N)=NO. The van der Waals surface area contributed by atoms with E-state index in [1.54, 1.807) is 18.2 Å². The van der Waals surface area contributed by atoms with Gasteiger partial charge in [-0.2, -0.15) is 0 Å². The predicted molar refractivity (Wildman–Crippen MR) is 60.7 cm³/mol. The molecular formula is C11H16FN3O. The van der Waals surface area contributed by atoms with Crippen molar-refractivity contribution in [3.8, 4) is 0 Å². The minimum absolute atomic E-state index is 0.0863. The van der Waals surface area contributed by atoms with Crippen molar-refractivity contribution in [2.45, 2.75) is 13.5 Å². The topological polar surface area (TPSA) is 70.6 Å². The van der Waals surface area contributed by atoms with Gasteiger partial charge >= 0.3 is 0 Å². The van der Waals surface area contributed by atoms with Crippen LogP contribution >= 0.6 is 0 Å². The van der Waals surface area contributed by atoms with Crippen LogP contribution in [0.3, 0.4) is 0 Å². The van der Waals surface area contributed by atoms with Crippen LogP contribution in [0.4, 0.5) is 4.39 Å². The third-order valence-corrected chi connectivity index (χ3v) is 2.34. The van der Waals surface area contributed by atoms with E-state index in [1.807, 2.05) is 6.92 Å². The van der Waals surface area contributed by atoms with Crippen molar-refractivity contribution < 1.29 is 9.60 Å². The molecule has 0 aliphatic carbocycles. The monoisotopic (exact) mass is 225 g/mol. The average Bonchev–Trinajstić information content (AvgIpc) is 2.30. The molecule has 0 aliphatic rings. The standard InChI is InChI=1S/C11H16FN3O/c1-8(11(13)15-16)6-14-7-9-4-2-3-5-10(9)12/h2-5,8,14,16H,6-7H2,1H3,(H2,13,15). The molecule has 1 aromatic carbocycles. The number of oxime groups is 1. The summed E-state index contributed by atoms with van der Waals surface area (Å²) < 4.78 is 13.2. The van der Waals surface area contributed by atoms with E-state index in [2.05, 4.69) is 10.5 Å². The summed E-state index contributed by atoms with van der Waals surface area (Å²) in [7, 11) is 0. The third-order valence-electron chi connectivity index (χ3n) is 2.34. The number of amidine groups is 1. The Kier molecular flexibility index (Phi) is 4.72. The fourth-order valence-electron chi connectivity index (χ4n) is 1.27. The van der Waals surface area contributed by atoms with E-state index in [9.17, 15) is 4.39 Å². The lowest BCUT2D eigenvalue weighted by molar-refractivity contribution is 0.314. The normalized spacial score (nSPS) is 13.8. The molecule has 4 nitrogen and oxygen atoms in total. The Bertz CT molecular complexity index is 368. The highest BCUT2D eigenvalue weighted by molar-refractivity contribution is 5.82. The summed E-state index contributed by atoms with van der Waals surface area (Å²) in [5, 5.41) is 14.4. The number of halogens is 1. The Labute approximate surface area is 94.0 Å². The lowest BCUT2D eigenvalue weighted by atomic mass is 10.1. The minimum atomic E-state index is -0.230. The Morgan fingerprint density at radius 2 is 2.25 bits per heavy atom. The molecule has 0 aliphatic heterocycles. The number of nitrogens with one attached hydrogen (secondary N) is 1. The smallest absolute Gasteiger partial charge is 0.143 e. The zero-order valence-corrected chi connectivity index (χ0v) is 9.15. The Hall–Kier alpha value is -1.62. The first-order valence-electron chi connectivity index (χ1n) is 5.06. The van der Waals surface area contributed by atoms with Gasteiger partial charge in [-0.15, -0.1) is 0 Å². The van der Waals surface area contributed by atoms with Gasteiger partial charge in [0.05, 0.1) is 0 Å². The number of nitrogens with two attached hydrogens (primary N) is 1. The first-order valence-corrected chi connectivity index (χ1v) is 5.06. The molecule has 0 amide bonds. The lowest BCUT2D eigenvalue weighted by Gasteiger charge is -2.11. The summed E-state index contributed by atoms with van der Waals surface area (Å²) in [5.74, 6) is -0.149. The Balaban J connectivity index is 2.39. The molecule has 1 atom stereocenters. The van der Waals surface area contributed by atoms with Crippen molar-refractivity contribution in [3.63, 3.8) is 0 Å². The molecule has 0 radical (unpaired) electrons. The molecule has 1 aromatic rings. The molecule has 5 heteroatoms. The van der Waals surface area contributed by atoms with Crippen molar-refractivity contribution in [2.24, 2.45) is 16.8 Å². The van der Waals surface area contributed by atoms with E-state index in [0.29, 0.717) is 18.7 Å². The number of rotatable bonds is 5. The van der Waals surface area contributed by atoms with Crippen LogP contribution < -0.4 is 11.1 Å². The number of hydrogen-bond acceptors (Lipinski definition) is 3. The highest BCUT2D eigenvalue weighted by atomic mass is 19.1. The molecule has 4 N–H and O–H groups in total. The van der Waals surface area contributed by atoms with E-state index in [0.717, 1.165) is 0 Å². The van der Waals surface area contributed by atoms with E-state index in [1.165, 1.54) is 6.07 Å². The molecule has 16 heavy (non-hydrogen) atoms. The maximum Gasteiger partial charge on any atom is 0.143 e. The van der Waals surface area contributed by atoms with Crippen LogP contribution in [0.2, 0.25) is 0 Å². The fraction of sp³-hybridized carbons (Fsp3) is 0.364. The predicted octanol–water partition coefficient (Wildman–Crippen LogP) is 1.30. The molecule has 0 fully saturated rings. The van der Waals surface area contributed by atoms with Gasteiger partial charge in [-0.05, 0) is 6.07 Å². The Morgan fingerprint density at radius 3 is 2.88 bits per heavy atom. The van der Waals surface area contributed by atoms with Crippen LogP contribution in [0.1, 0.15) is 12.5 Å². The molecule has 0 saturated heterocycles. The zero-order chi connectivity index (χ0) is 12.0. The molecular weight excluding hydrogens is 209 g/mol. The summed E-state index contributed by atoms with van der Waals surface area (Å²) in [6, 6.07) is 6.57. The number of nitrogens with zero attached hydrogens (tertiary/aromatic N) is 1. The van der Waals surface area contributed by atoms with Crippen LogP contribution in [-0.2, 0) is 6.54 Å². The van der Waals surface area contributed by atoms with E-state index < -0.39 is 0 Å². The summed E-state index contributed by atoms with van der Waals surface area (Å²) >= 11 is 0. The van der Waals surface area contributed by atoms with Gasteiger partial charge in [0.15, 0.2) is 0 Å². The maximum atomic E-state index is 13.2. The highest BCUT2D eigenvalue weighted by Gasteiger charge is 2.07. The van der Waals surface area contributed by atoms with E-state index >= 15 is 0 Å². The molecule has 0 aromatic heterocycles. The lowest BCUT2D eigenvalue weighted by Crippen LogP contribution is -2.31. The van der Waals surface area contributed by atoms with Crippen LogP contribution in [0.15, 0.2) is 29.4 Å². The van der Waals surface area contributed by atoms with Crippen LogP contribution in [0.5, 0.6) is 0 Å². The van der Waals surface area contributed by atoms with Gasteiger partial charge < -0.3 is 16.3 Å². The minimum Gasteiger partial charge on any atom is -0.409 e. The fourth-order valence-corrected chi connectivity index (χ4v) is 1.27. The quantitative estimate of drug-likeness (QED) is 0.306. The van der Waals surface area contributed by atoms with Crippen LogP contribution in [0.25, 0.3) is 0 Å². The summed E-state index contributed by atoms with van der Waals surface area (Å²) in [6.07, 6.45) is 0. The summed E-state index contributed by atoms with van der Waals surface area (Å²) in [5.41, 5.74) is 6.02. The second-order valence-electron chi connectivity index (χ2n) is 3.65. The summed E-state index contributed by atoms with van der Waals surface area (Å²) in [6.45, 7) is 2.78. The maximum absolute atomic E-state index is 13.2. The van der Waals surface area contributed by atoms with Gasteiger partial charge in [-0.25, -0.2) is 4.39 Å². The molecule has 0 spiro atoms. The Morgan fingerprint density at radius 1 is 1.56 bits per heavy atom. The zero-order valence-electron chi connectivity index (χ0n) is 9.15. The first kappa shape index (κ1) is 12.4. The molecule has 88 valence electrons. The van der Waals surface area contributed by atoms with Crippen LogP contribution in [0, 0.1) is 11.7 Å². The van der Waals surface area contributed by atoms with Crippen LogP contribution in [-0.4, -0.2) is 17.6 Å². The van der Waals surface area contributed by atoms with Gasteiger partial charge in [0, 0.05) is 24.6 Å². The van der Waals surface area contributed by atoms with Crippen molar-refractivity contribution in [1.82, 2.24) is 5.32 Å². The average molecular weight is 225 g/mol. The van der Waals surface area contributed by atoms with Crippen molar-refractivity contribution in [1.29, 1.82) is 0 Å². The first-order chi connectivity index (χ1) is 7.65. The van der Waals surface area contributed by atoms with Crippen molar-refractivity contribution >= 4 is 5.84 Å². The van der Waals surface area contributed by atoms with Crippen molar-refractivity contribution in [3.05, 3.63) is 35.6 Å². The third kappa shape index (κ3) is 3.51. The molecule has 0 heterocycles. The highest BCUT2D eigenvalue weighted by Crippen LogP contribution is 2.05. The molecule has 1 unspecified atom stereocenters. The van der Waals surface area contributed by atoms with Gasteiger partial charge in [0.25, 0.3) is 0 Å². The van der Waals surface area contributed by atoms with Gasteiger partial charge in [0.2, 0.25) is 0 Å². The molecule has 0 bridgehead atoms. The van der Waals surface area contributed by atoms with E-state index in [-0.39, 0.29) is 17.6 Å². The second-order valence-corrected chi connectivity index (χ2v) is 3.65. The van der Waals surface area contributed by atoms with Gasteiger partial charge in [-0.3, -0.25) is 0 Å². The van der Waals surface area contributed by atoms with Crippen molar-refractivity contribution in [2.75, 3.05) is 6.54 Å². The molecule has 1 rings (SSSR count). The molecule has 0 saturated carbocycles. The number of hydrogen-bond donors (Lipinski definition) is 3. The van der Waals surface area contributed by atoms with E-state index in [4.69, 9.17) is 10.9 Å². The number of benzene rings is 1.